The van der Waals surface area contributed by atoms with E-state index in [2.05, 4.69) is 38.2 Å². The molecule has 3 heteroatoms. The summed E-state index contributed by atoms with van der Waals surface area (Å²) in [6, 6.07) is 6.22. The zero-order chi connectivity index (χ0) is 15.5. The maximum absolute atomic E-state index is 12.4. The average molecular weight is 308 g/mol. The Morgan fingerprint density at radius 1 is 1.38 bits per heavy atom. The third-order valence-corrected chi connectivity index (χ3v) is 5.20. The van der Waals surface area contributed by atoms with Crippen LogP contribution in [0.15, 0.2) is 18.2 Å². The van der Waals surface area contributed by atoms with Gasteiger partial charge in [0.05, 0.1) is 12.0 Å². The molecule has 0 aromatic heterocycles. The van der Waals surface area contributed by atoms with Crippen molar-refractivity contribution in [1.82, 2.24) is 5.32 Å². The molecule has 0 bridgehead atoms. The fourth-order valence-corrected chi connectivity index (χ4v) is 3.68. The van der Waals surface area contributed by atoms with Gasteiger partial charge in [-0.3, -0.25) is 4.79 Å². The van der Waals surface area contributed by atoms with Crippen LogP contribution >= 0.6 is 11.6 Å². The van der Waals surface area contributed by atoms with Crippen molar-refractivity contribution in [3.63, 3.8) is 0 Å². The lowest BCUT2D eigenvalue weighted by molar-refractivity contribution is -0.122. The van der Waals surface area contributed by atoms with Crippen molar-refractivity contribution >= 4 is 17.5 Å². The predicted molar refractivity (Wildman–Crippen MR) is 88.8 cm³/mol. The van der Waals surface area contributed by atoms with E-state index in [-0.39, 0.29) is 11.4 Å². The predicted octanol–water partition coefficient (Wildman–Crippen LogP) is 4.15. The van der Waals surface area contributed by atoms with Crippen LogP contribution in [0.4, 0.5) is 0 Å². The van der Waals surface area contributed by atoms with E-state index in [0.717, 1.165) is 24.8 Å². The van der Waals surface area contributed by atoms with E-state index >= 15 is 0 Å². The van der Waals surface area contributed by atoms with Crippen molar-refractivity contribution in [2.45, 2.75) is 58.4 Å². The van der Waals surface area contributed by atoms with Crippen LogP contribution < -0.4 is 5.32 Å². The summed E-state index contributed by atoms with van der Waals surface area (Å²) in [4.78, 5) is 12.4. The quantitative estimate of drug-likeness (QED) is 0.832. The summed E-state index contributed by atoms with van der Waals surface area (Å²) in [5, 5.41) is 3.22. The Morgan fingerprint density at radius 3 is 2.76 bits per heavy atom. The number of aryl methyl sites for hydroxylation is 2. The summed E-state index contributed by atoms with van der Waals surface area (Å²) in [6.45, 7) is 6.42. The molecule has 1 amide bonds. The molecule has 1 aliphatic rings. The lowest BCUT2D eigenvalue weighted by Crippen LogP contribution is -2.53. The largest absolute Gasteiger partial charge is 0.349 e. The summed E-state index contributed by atoms with van der Waals surface area (Å²) in [5.74, 6) is 1.24. The Balaban J connectivity index is 2.01. The van der Waals surface area contributed by atoms with Gasteiger partial charge in [0.25, 0.3) is 0 Å². The molecule has 1 aromatic rings. The fourth-order valence-electron chi connectivity index (χ4n) is 3.37. The van der Waals surface area contributed by atoms with Gasteiger partial charge in [0, 0.05) is 5.88 Å². The molecule has 0 radical (unpaired) electrons. The smallest absolute Gasteiger partial charge is 0.224 e. The Bertz CT molecular complexity index is 514. The van der Waals surface area contributed by atoms with E-state index in [1.54, 1.807) is 0 Å². The highest BCUT2D eigenvalue weighted by Crippen LogP contribution is 2.33. The lowest BCUT2D eigenvalue weighted by atomic mass is 9.77. The van der Waals surface area contributed by atoms with Crippen LogP contribution in [0.1, 0.15) is 49.3 Å². The molecule has 1 fully saturated rings. The standard InChI is InChI=1S/C18H26ClNO/c1-13-5-4-8-18(11-13,12-19)20-17(21)10-16-7-6-14(2)15(3)9-16/h6-7,9,13H,4-5,8,10-12H2,1-3H3,(H,20,21). The van der Waals surface area contributed by atoms with E-state index in [0.29, 0.717) is 18.2 Å². The second-order valence-corrected chi connectivity index (χ2v) is 7.03. The number of benzene rings is 1. The molecular formula is C18H26ClNO. The Kier molecular flexibility index (Phi) is 5.32. The average Bonchev–Trinajstić information content (AvgIpc) is 2.43. The van der Waals surface area contributed by atoms with Crippen molar-refractivity contribution in [3.8, 4) is 0 Å². The molecule has 1 aromatic carbocycles. The highest BCUT2D eigenvalue weighted by molar-refractivity contribution is 6.18. The third kappa shape index (κ3) is 4.23. The van der Waals surface area contributed by atoms with Gasteiger partial charge in [-0.15, -0.1) is 11.6 Å². The highest BCUT2D eigenvalue weighted by Gasteiger charge is 2.35. The molecule has 2 atom stereocenters. The van der Waals surface area contributed by atoms with Gasteiger partial charge in [0.1, 0.15) is 0 Å². The summed E-state index contributed by atoms with van der Waals surface area (Å²) >= 11 is 6.18. The first-order chi connectivity index (χ1) is 9.94. The van der Waals surface area contributed by atoms with E-state index < -0.39 is 0 Å². The van der Waals surface area contributed by atoms with Crippen LogP contribution in [0.2, 0.25) is 0 Å². The first-order valence-electron chi connectivity index (χ1n) is 7.87. The van der Waals surface area contributed by atoms with Crippen molar-refractivity contribution in [2.75, 3.05) is 5.88 Å². The number of alkyl halides is 1. The number of hydrogen-bond acceptors (Lipinski definition) is 1. The second kappa shape index (κ2) is 6.83. The molecule has 0 saturated heterocycles. The van der Waals surface area contributed by atoms with Crippen molar-refractivity contribution in [1.29, 1.82) is 0 Å². The SMILES string of the molecule is Cc1ccc(CC(=O)NC2(CCl)CCCC(C)C2)cc1C. The highest BCUT2D eigenvalue weighted by atomic mass is 35.5. The van der Waals surface area contributed by atoms with Gasteiger partial charge in [-0.25, -0.2) is 0 Å². The Morgan fingerprint density at radius 2 is 2.14 bits per heavy atom. The van der Waals surface area contributed by atoms with Crippen molar-refractivity contribution in [3.05, 3.63) is 34.9 Å². The van der Waals surface area contributed by atoms with E-state index in [9.17, 15) is 4.79 Å². The zero-order valence-corrected chi connectivity index (χ0v) is 14.1. The molecule has 2 nitrogen and oxygen atoms in total. The topological polar surface area (TPSA) is 29.1 Å². The molecule has 116 valence electrons. The van der Waals surface area contributed by atoms with Crippen LogP contribution in [0.25, 0.3) is 0 Å². The Hall–Kier alpha value is -1.02. The molecule has 21 heavy (non-hydrogen) atoms. The van der Waals surface area contributed by atoms with E-state index in [4.69, 9.17) is 11.6 Å². The third-order valence-electron chi connectivity index (χ3n) is 4.69. The van der Waals surface area contributed by atoms with E-state index in [1.807, 2.05) is 6.07 Å². The molecule has 2 rings (SSSR count). The molecule has 2 unspecified atom stereocenters. The molecule has 1 aliphatic carbocycles. The van der Waals surface area contributed by atoms with Crippen LogP contribution in [-0.2, 0) is 11.2 Å². The van der Waals surface area contributed by atoms with Gasteiger partial charge in [-0.05, 0) is 49.3 Å². The molecular weight excluding hydrogens is 282 g/mol. The van der Waals surface area contributed by atoms with Crippen molar-refractivity contribution < 1.29 is 4.79 Å². The van der Waals surface area contributed by atoms with Gasteiger partial charge in [-0.1, -0.05) is 38.0 Å². The van der Waals surface area contributed by atoms with Crippen LogP contribution in [0.5, 0.6) is 0 Å². The molecule has 0 aliphatic heterocycles. The normalized spacial score (nSPS) is 25.6. The minimum absolute atomic E-state index is 0.0907. The number of carbonyl (C=O) groups is 1. The maximum atomic E-state index is 12.4. The number of carbonyl (C=O) groups excluding carboxylic acids is 1. The molecule has 1 saturated carbocycles. The summed E-state index contributed by atoms with van der Waals surface area (Å²) < 4.78 is 0. The number of rotatable bonds is 4. The van der Waals surface area contributed by atoms with Crippen LogP contribution in [-0.4, -0.2) is 17.3 Å². The van der Waals surface area contributed by atoms with Crippen LogP contribution in [0.3, 0.4) is 0 Å². The monoisotopic (exact) mass is 307 g/mol. The summed E-state index contributed by atoms with van der Waals surface area (Å²) in [5.41, 5.74) is 3.37. The Labute approximate surface area is 133 Å². The van der Waals surface area contributed by atoms with Gasteiger partial charge in [-0.2, -0.15) is 0 Å². The molecule has 0 heterocycles. The van der Waals surface area contributed by atoms with Crippen LogP contribution in [0, 0.1) is 19.8 Å². The number of nitrogens with one attached hydrogen (secondary N) is 1. The minimum Gasteiger partial charge on any atom is -0.349 e. The van der Waals surface area contributed by atoms with Crippen molar-refractivity contribution in [2.24, 2.45) is 5.92 Å². The zero-order valence-electron chi connectivity index (χ0n) is 13.3. The van der Waals surface area contributed by atoms with Gasteiger partial charge >= 0.3 is 0 Å². The molecule has 1 N–H and O–H groups in total. The fraction of sp³-hybridized carbons (Fsp3) is 0.611. The second-order valence-electron chi connectivity index (χ2n) is 6.76. The first-order valence-corrected chi connectivity index (χ1v) is 8.41. The van der Waals surface area contributed by atoms with E-state index in [1.165, 1.54) is 17.5 Å². The lowest BCUT2D eigenvalue weighted by Gasteiger charge is -2.39. The molecule has 0 spiro atoms. The first kappa shape index (κ1) is 16.4. The summed E-state index contributed by atoms with van der Waals surface area (Å²) in [6.07, 6.45) is 4.83. The number of amides is 1. The number of halogens is 1. The van der Waals surface area contributed by atoms with Gasteiger partial charge in [0.15, 0.2) is 0 Å². The summed E-state index contributed by atoms with van der Waals surface area (Å²) in [7, 11) is 0. The number of hydrogen-bond donors (Lipinski definition) is 1. The minimum atomic E-state index is -0.198. The van der Waals surface area contributed by atoms with Gasteiger partial charge < -0.3 is 5.32 Å². The van der Waals surface area contributed by atoms with Gasteiger partial charge in [0.2, 0.25) is 5.91 Å². The maximum Gasteiger partial charge on any atom is 0.224 e.